The van der Waals surface area contributed by atoms with Crippen molar-refractivity contribution in [3.63, 3.8) is 0 Å². The van der Waals surface area contributed by atoms with Crippen LogP contribution in [0.4, 0.5) is 5.69 Å². The third-order valence-corrected chi connectivity index (χ3v) is 3.96. The number of benzene rings is 1. The molecule has 5 heteroatoms. The molecule has 1 aromatic carbocycles. The van der Waals surface area contributed by atoms with Gasteiger partial charge in [0.2, 0.25) is 0 Å². The Bertz CT molecular complexity index is 609. The summed E-state index contributed by atoms with van der Waals surface area (Å²) >= 11 is 7.86. The quantitative estimate of drug-likeness (QED) is 0.801. The Morgan fingerprint density at radius 3 is 2.74 bits per heavy atom. The highest BCUT2D eigenvalue weighted by molar-refractivity contribution is 7.09. The molecule has 0 fully saturated rings. The maximum absolute atomic E-state index is 11.3. The first-order valence-electron chi connectivity index (χ1n) is 5.90. The topological polar surface area (TPSA) is 33.2 Å². The number of carbonyl (C=O) groups is 1. The summed E-state index contributed by atoms with van der Waals surface area (Å²) in [6.45, 7) is 4.22. The Labute approximate surface area is 121 Å². The predicted octanol–water partition coefficient (Wildman–Crippen LogP) is 3.94. The summed E-state index contributed by atoms with van der Waals surface area (Å²) in [6, 6.07) is 5.38. The highest BCUT2D eigenvalue weighted by Crippen LogP contribution is 2.27. The molecule has 0 amide bonds. The summed E-state index contributed by atoms with van der Waals surface area (Å²) in [7, 11) is 1.96. The van der Waals surface area contributed by atoms with Crippen LogP contribution in [0.5, 0.6) is 0 Å². The molecule has 0 aliphatic rings. The van der Waals surface area contributed by atoms with E-state index < -0.39 is 0 Å². The fourth-order valence-corrected chi connectivity index (χ4v) is 2.77. The first-order valence-corrected chi connectivity index (χ1v) is 7.16. The molecule has 0 bridgehead atoms. The van der Waals surface area contributed by atoms with E-state index in [0.717, 1.165) is 16.4 Å². The van der Waals surface area contributed by atoms with Crippen molar-refractivity contribution in [1.82, 2.24) is 4.98 Å². The third kappa shape index (κ3) is 3.33. The average molecular weight is 295 g/mol. The van der Waals surface area contributed by atoms with Crippen LogP contribution in [0, 0.1) is 6.92 Å². The lowest BCUT2D eigenvalue weighted by molar-refractivity contribution is 0.101. The number of hydrogen-bond acceptors (Lipinski definition) is 4. The van der Waals surface area contributed by atoms with Crippen LogP contribution >= 0.6 is 22.9 Å². The maximum Gasteiger partial charge on any atom is 0.159 e. The molecule has 0 aliphatic carbocycles. The minimum Gasteiger partial charge on any atom is -0.367 e. The number of carbonyl (C=O) groups excluding carboxylic acids is 1. The minimum absolute atomic E-state index is 0.0197. The summed E-state index contributed by atoms with van der Waals surface area (Å²) in [4.78, 5) is 17.8. The SMILES string of the molecule is CC(=O)c1ccc(N(C)Cc2csc(C)n2)c(Cl)c1. The van der Waals surface area contributed by atoms with Crippen LogP contribution in [-0.4, -0.2) is 17.8 Å². The smallest absolute Gasteiger partial charge is 0.159 e. The van der Waals surface area contributed by atoms with E-state index >= 15 is 0 Å². The van der Waals surface area contributed by atoms with Gasteiger partial charge in [-0.1, -0.05) is 11.6 Å². The summed E-state index contributed by atoms with van der Waals surface area (Å²) < 4.78 is 0. The van der Waals surface area contributed by atoms with E-state index in [0.29, 0.717) is 17.1 Å². The Kier molecular flexibility index (Phi) is 4.22. The normalized spacial score (nSPS) is 10.5. The first kappa shape index (κ1) is 14.0. The molecule has 0 unspecified atom stereocenters. The molecule has 0 aliphatic heterocycles. The maximum atomic E-state index is 11.3. The molecule has 19 heavy (non-hydrogen) atoms. The van der Waals surface area contributed by atoms with Crippen LogP contribution in [0.2, 0.25) is 5.02 Å². The van der Waals surface area contributed by atoms with Crippen LogP contribution in [0.3, 0.4) is 0 Å². The predicted molar refractivity (Wildman–Crippen MR) is 80.4 cm³/mol. The van der Waals surface area contributed by atoms with Crippen molar-refractivity contribution in [2.75, 3.05) is 11.9 Å². The van der Waals surface area contributed by atoms with Crippen molar-refractivity contribution in [2.45, 2.75) is 20.4 Å². The van der Waals surface area contributed by atoms with E-state index in [1.165, 1.54) is 6.92 Å². The summed E-state index contributed by atoms with van der Waals surface area (Å²) in [5.41, 5.74) is 2.56. The van der Waals surface area contributed by atoms with E-state index in [4.69, 9.17) is 11.6 Å². The number of thiazole rings is 1. The Hall–Kier alpha value is -1.39. The summed E-state index contributed by atoms with van der Waals surface area (Å²) in [5.74, 6) is 0.0197. The van der Waals surface area contributed by atoms with Gasteiger partial charge in [-0.05, 0) is 32.0 Å². The number of halogens is 1. The van der Waals surface area contributed by atoms with Crippen LogP contribution < -0.4 is 4.90 Å². The largest absolute Gasteiger partial charge is 0.367 e. The van der Waals surface area contributed by atoms with Gasteiger partial charge in [0.05, 0.1) is 28.0 Å². The number of nitrogens with zero attached hydrogens (tertiary/aromatic N) is 2. The molecular weight excluding hydrogens is 280 g/mol. The number of Topliss-reactive ketones (excluding diaryl/α,β-unsaturated/α-hetero) is 1. The van der Waals surface area contributed by atoms with Crippen LogP contribution in [0.15, 0.2) is 23.6 Å². The van der Waals surface area contributed by atoms with Crippen LogP contribution in [0.1, 0.15) is 28.0 Å². The Morgan fingerprint density at radius 1 is 1.47 bits per heavy atom. The van der Waals surface area contributed by atoms with Crippen molar-refractivity contribution in [3.8, 4) is 0 Å². The lowest BCUT2D eigenvalue weighted by Crippen LogP contribution is -2.17. The van der Waals surface area contributed by atoms with Gasteiger partial charge >= 0.3 is 0 Å². The van der Waals surface area contributed by atoms with Gasteiger partial charge in [0.15, 0.2) is 5.78 Å². The van der Waals surface area contributed by atoms with Gasteiger partial charge in [-0.2, -0.15) is 0 Å². The average Bonchev–Trinajstić information content (AvgIpc) is 2.74. The zero-order chi connectivity index (χ0) is 14.0. The van der Waals surface area contributed by atoms with Crippen molar-refractivity contribution < 1.29 is 4.79 Å². The van der Waals surface area contributed by atoms with Crippen molar-refractivity contribution in [3.05, 3.63) is 44.9 Å². The monoisotopic (exact) mass is 294 g/mol. The summed E-state index contributed by atoms with van der Waals surface area (Å²) in [6.07, 6.45) is 0. The molecule has 1 heterocycles. The number of anilines is 1. The molecule has 100 valence electrons. The van der Waals surface area contributed by atoms with E-state index in [1.54, 1.807) is 23.5 Å². The van der Waals surface area contributed by atoms with Crippen molar-refractivity contribution >= 4 is 34.4 Å². The van der Waals surface area contributed by atoms with E-state index in [2.05, 4.69) is 4.98 Å². The molecule has 3 nitrogen and oxygen atoms in total. The second-order valence-corrected chi connectivity index (χ2v) is 5.91. The zero-order valence-corrected chi connectivity index (χ0v) is 12.7. The second kappa shape index (κ2) is 5.72. The van der Waals surface area contributed by atoms with Gasteiger partial charge in [0.1, 0.15) is 0 Å². The molecule has 0 N–H and O–H groups in total. The van der Waals surface area contributed by atoms with Gasteiger partial charge in [0, 0.05) is 18.0 Å². The lowest BCUT2D eigenvalue weighted by atomic mass is 10.1. The molecule has 0 spiro atoms. The highest BCUT2D eigenvalue weighted by Gasteiger charge is 2.10. The molecule has 0 saturated carbocycles. The number of rotatable bonds is 4. The zero-order valence-electron chi connectivity index (χ0n) is 11.1. The van der Waals surface area contributed by atoms with E-state index in [-0.39, 0.29) is 5.78 Å². The highest BCUT2D eigenvalue weighted by atomic mass is 35.5. The molecule has 0 saturated heterocycles. The number of aromatic nitrogens is 1. The fraction of sp³-hybridized carbons (Fsp3) is 0.286. The molecule has 0 radical (unpaired) electrons. The molecule has 0 atom stereocenters. The Morgan fingerprint density at radius 2 is 2.21 bits per heavy atom. The van der Waals surface area contributed by atoms with Crippen LogP contribution in [0.25, 0.3) is 0 Å². The third-order valence-electron chi connectivity index (χ3n) is 2.83. The van der Waals surface area contributed by atoms with Gasteiger partial charge in [-0.3, -0.25) is 4.79 Å². The van der Waals surface area contributed by atoms with Crippen molar-refractivity contribution in [1.29, 1.82) is 0 Å². The van der Waals surface area contributed by atoms with Crippen LogP contribution in [-0.2, 0) is 6.54 Å². The second-order valence-electron chi connectivity index (χ2n) is 4.44. The molecule has 2 rings (SSSR count). The number of hydrogen-bond donors (Lipinski definition) is 0. The summed E-state index contributed by atoms with van der Waals surface area (Å²) in [5, 5.41) is 3.69. The lowest BCUT2D eigenvalue weighted by Gasteiger charge is -2.19. The molecule has 1 aromatic heterocycles. The number of aryl methyl sites for hydroxylation is 1. The van der Waals surface area contributed by atoms with E-state index in [9.17, 15) is 4.79 Å². The standard InChI is InChI=1S/C14H15ClN2OS/c1-9(18)11-4-5-14(13(15)6-11)17(3)7-12-8-19-10(2)16-12/h4-6,8H,7H2,1-3H3. The minimum atomic E-state index is 0.0197. The Balaban J connectivity index is 2.19. The van der Waals surface area contributed by atoms with Gasteiger partial charge in [0.25, 0.3) is 0 Å². The van der Waals surface area contributed by atoms with Crippen molar-refractivity contribution in [2.24, 2.45) is 0 Å². The van der Waals surface area contributed by atoms with Gasteiger partial charge < -0.3 is 4.90 Å². The fourth-order valence-electron chi connectivity index (χ4n) is 1.84. The first-order chi connectivity index (χ1) is 8.97. The number of ketones is 1. The van der Waals surface area contributed by atoms with E-state index in [1.807, 2.05) is 30.3 Å². The molecular formula is C14H15ClN2OS. The van der Waals surface area contributed by atoms with Gasteiger partial charge in [-0.25, -0.2) is 4.98 Å². The van der Waals surface area contributed by atoms with Gasteiger partial charge in [-0.15, -0.1) is 11.3 Å². The molecule has 2 aromatic rings.